The minimum Gasteiger partial charge on any atom is -0.450 e. The molecule has 10 heteroatoms. The molecule has 1 fully saturated rings. The molecule has 7 nitrogen and oxygen atoms in total. The van der Waals surface area contributed by atoms with Gasteiger partial charge in [0.2, 0.25) is 0 Å². The number of anilines is 1. The molecule has 1 aliphatic heterocycles. The maximum absolute atomic E-state index is 13.4. The van der Waals surface area contributed by atoms with E-state index in [4.69, 9.17) is 9.72 Å². The molecule has 1 N–H and O–H groups in total. The number of hydrogen-bond acceptors (Lipinski definition) is 5. The molecule has 2 aromatic carbocycles. The number of carbonyl (C=O) groups is 1. The number of benzene rings is 2. The second-order valence-corrected chi connectivity index (χ2v) is 8.60. The van der Waals surface area contributed by atoms with Crippen molar-refractivity contribution >= 4 is 11.9 Å². The molecule has 0 spiro atoms. The summed E-state index contributed by atoms with van der Waals surface area (Å²) < 4.78 is 45.5. The number of hydrogen-bond donors (Lipinski definition) is 1. The average Bonchev–Trinajstić information content (AvgIpc) is 2.84. The monoisotopic (exact) mass is 500 g/mol. The fourth-order valence-corrected chi connectivity index (χ4v) is 4.28. The average molecular weight is 501 g/mol. The summed E-state index contributed by atoms with van der Waals surface area (Å²) in [5.41, 5.74) is 0.683. The number of nitrogens with one attached hydrogen (secondary N) is 1. The highest BCUT2D eigenvalue weighted by Crippen LogP contribution is 2.31. The van der Waals surface area contributed by atoms with Crippen LogP contribution < -0.4 is 15.8 Å². The van der Waals surface area contributed by atoms with Gasteiger partial charge in [0.1, 0.15) is 11.6 Å². The van der Waals surface area contributed by atoms with E-state index in [1.807, 2.05) is 36.1 Å². The Morgan fingerprint density at radius 1 is 1.11 bits per heavy atom. The summed E-state index contributed by atoms with van der Waals surface area (Å²) in [6.07, 6.45) is -3.61. The summed E-state index contributed by atoms with van der Waals surface area (Å²) in [5.74, 6) is 0.832. The third-order valence-electron chi connectivity index (χ3n) is 6.16. The van der Waals surface area contributed by atoms with Crippen LogP contribution in [0.5, 0.6) is 0 Å². The van der Waals surface area contributed by atoms with Crippen LogP contribution in [-0.2, 0) is 10.9 Å². The van der Waals surface area contributed by atoms with Crippen molar-refractivity contribution in [2.45, 2.75) is 38.9 Å². The number of aryl methyl sites for hydroxylation is 1. The Kier molecular flexibility index (Phi) is 7.32. The molecule has 36 heavy (non-hydrogen) atoms. The summed E-state index contributed by atoms with van der Waals surface area (Å²) >= 11 is 0. The number of amides is 1. The highest BCUT2D eigenvalue weighted by atomic mass is 19.4. The zero-order valence-corrected chi connectivity index (χ0v) is 20.0. The quantitative estimate of drug-likeness (QED) is 0.537. The molecule has 3 aromatic rings. The SMILES string of the molecule is CCOC(=O)NC1CCN(c2cc(=O)n(-c3ccc(C(F)(F)F)cc3)c(-c3ccccc3C)n2)CC1. The number of aromatic nitrogens is 2. The van der Waals surface area contributed by atoms with Crippen LogP contribution in [0.2, 0.25) is 0 Å². The fourth-order valence-electron chi connectivity index (χ4n) is 4.28. The van der Waals surface area contributed by atoms with E-state index in [2.05, 4.69) is 5.32 Å². The van der Waals surface area contributed by atoms with E-state index in [-0.39, 0.29) is 6.04 Å². The van der Waals surface area contributed by atoms with Crippen LogP contribution in [0.1, 0.15) is 30.9 Å². The first-order valence-corrected chi connectivity index (χ1v) is 11.7. The molecule has 0 radical (unpaired) electrons. The van der Waals surface area contributed by atoms with Crippen LogP contribution in [-0.4, -0.2) is 41.4 Å². The van der Waals surface area contributed by atoms with E-state index in [0.29, 0.717) is 55.4 Å². The van der Waals surface area contributed by atoms with E-state index < -0.39 is 23.4 Å². The van der Waals surface area contributed by atoms with Gasteiger partial charge in [-0.3, -0.25) is 9.36 Å². The molecular formula is C26H27F3N4O3. The van der Waals surface area contributed by atoms with E-state index >= 15 is 0 Å². The second-order valence-electron chi connectivity index (χ2n) is 8.60. The van der Waals surface area contributed by atoms with Gasteiger partial charge in [-0.15, -0.1) is 0 Å². The Hall–Kier alpha value is -3.82. The van der Waals surface area contributed by atoms with Gasteiger partial charge in [-0.25, -0.2) is 9.78 Å². The first kappa shape index (κ1) is 25.3. The maximum atomic E-state index is 13.4. The van der Waals surface area contributed by atoms with Gasteiger partial charge in [0.05, 0.1) is 17.9 Å². The molecule has 1 saturated heterocycles. The molecular weight excluding hydrogens is 473 g/mol. The summed E-state index contributed by atoms with van der Waals surface area (Å²) in [4.78, 5) is 31.9. The van der Waals surface area contributed by atoms with E-state index in [1.165, 1.54) is 22.8 Å². The Labute approximate surface area is 206 Å². The minimum atomic E-state index is -4.47. The number of piperidine rings is 1. The normalized spacial score (nSPS) is 14.5. The van der Waals surface area contributed by atoms with Gasteiger partial charge in [0.25, 0.3) is 5.56 Å². The number of rotatable bonds is 5. The fraction of sp³-hybridized carbons (Fsp3) is 0.346. The van der Waals surface area contributed by atoms with Crippen LogP contribution >= 0.6 is 0 Å². The lowest BCUT2D eigenvalue weighted by molar-refractivity contribution is -0.137. The Balaban J connectivity index is 1.69. The number of alkyl carbamates (subject to hydrolysis) is 1. The van der Waals surface area contributed by atoms with E-state index in [1.54, 1.807) is 6.92 Å². The van der Waals surface area contributed by atoms with Gasteiger partial charge < -0.3 is 15.0 Å². The van der Waals surface area contributed by atoms with Crippen LogP contribution in [0.4, 0.5) is 23.8 Å². The van der Waals surface area contributed by atoms with Gasteiger partial charge in [-0.2, -0.15) is 13.2 Å². The highest BCUT2D eigenvalue weighted by Gasteiger charge is 2.30. The predicted molar refractivity (Wildman–Crippen MR) is 130 cm³/mol. The van der Waals surface area contributed by atoms with Crippen LogP contribution in [0, 0.1) is 6.92 Å². The molecule has 0 saturated carbocycles. The first-order chi connectivity index (χ1) is 17.2. The van der Waals surface area contributed by atoms with Gasteiger partial charge in [-0.05, 0) is 56.5 Å². The van der Waals surface area contributed by atoms with Crippen LogP contribution in [0.15, 0.2) is 59.4 Å². The van der Waals surface area contributed by atoms with Gasteiger partial charge in [0.15, 0.2) is 0 Å². The van der Waals surface area contributed by atoms with Crippen molar-refractivity contribution in [3.8, 4) is 17.1 Å². The lowest BCUT2D eigenvalue weighted by Gasteiger charge is -2.33. The molecule has 1 aliphatic rings. The van der Waals surface area contributed by atoms with Crippen molar-refractivity contribution in [3.05, 3.63) is 76.1 Å². The summed E-state index contributed by atoms with van der Waals surface area (Å²) in [5, 5.41) is 2.84. The van der Waals surface area contributed by atoms with E-state index in [0.717, 1.165) is 17.7 Å². The Morgan fingerprint density at radius 2 is 1.78 bits per heavy atom. The zero-order valence-electron chi connectivity index (χ0n) is 20.0. The molecule has 1 amide bonds. The lowest BCUT2D eigenvalue weighted by Crippen LogP contribution is -2.45. The number of alkyl halides is 3. The Bertz CT molecular complexity index is 1280. The standard InChI is InChI=1S/C26H27F3N4O3/c1-3-36-25(35)30-19-12-14-32(15-13-19)22-16-23(34)33(20-10-8-18(9-11-20)26(27,28)29)24(31-22)21-7-5-4-6-17(21)2/h4-11,16,19H,3,12-15H2,1-2H3,(H,30,35). The van der Waals surface area contributed by atoms with Gasteiger partial charge in [-0.1, -0.05) is 24.3 Å². The van der Waals surface area contributed by atoms with Crippen molar-refractivity contribution in [2.75, 3.05) is 24.6 Å². The van der Waals surface area contributed by atoms with Crippen molar-refractivity contribution < 1.29 is 22.7 Å². The predicted octanol–water partition coefficient (Wildman–Crippen LogP) is 4.94. The molecule has 1 aromatic heterocycles. The van der Waals surface area contributed by atoms with Crippen molar-refractivity contribution in [2.24, 2.45) is 0 Å². The summed E-state index contributed by atoms with van der Waals surface area (Å²) in [6, 6.07) is 13.2. The van der Waals surface area contributed by atoms with Crippen molar-refractivity contribution in [3.63, 3.8) is 0 Å². The first-order valence-electron chi connectivity index (χ1n) is 11.7. The summed E-state index contributed by atoms with van der Waals surface area (Å²) in [7, 11) is 0. The number of carbonyl (C=O) groups excluding carboxylic acids is 1. The number of halogens is 3. The highest BCUT2D eigenvalue weighted by molar-refractivity contribution is 5.67. The molecule has 0 bridgehead atoms. The largest absolute Gasteiger partial charge is 0.450 e. The third kappa shape index (κ3) is 5.53. The summed E-state index contributed by atoms with van der Waals surface area (Å²) in [6.45, 7) is 5.07. The molecule has 0 aliphatic carbocycles. The third-order valence-corrected chi connectivity index (χ3v) is 6.16. The van der Waals surface area contributed by atoms with Crippen molar-refractivity contribution in [1.82, 2.24) is 14.9 Å². The topological polar surface area (TPSA) is 76.5 Å². The molecule has 4 rings (SSSR count). The maximum Gasteiger partial charge on any atom is 0.416 e. The molecule has 0 atom stereocenters. The minimum absolute atomic E-state index is 0.0383. The Morgan fingerprint density at radius 3 is 2.39 bits per heavy atom. The molecule has 0 unspecified atom stereocenters. The van der Waals surface area contributed by atoms with Gasteiger partial charge in [0, 0.05) is 30.8 Å². The number of nitrogens with zero attached hydrogens (tertiary/aromatic N) is 3. The van der Waals surface area contributed by atoms with Crippen LogP contribution in [0.3, 0.4) is 0 Å². The second kappa shape index (κ2) is 10.4. The number of ether oxygens (including phenoxy) is 1. The molecule has 2 heterocycles. The molecule has 190 valence electrons. The van der Waals surface area contributed by atoms with E-state index in [9.17, 15) is 22.8 Å². The zero-order chi connectivity index (χ0) is 25.9. The lowest BCUT2D eigenvalue weighted by atomic mass is 10.1. The smallest absolute Gasteiger partial charge is 0.416 e. The van der Waals surface area contributed by atoms with Crippen molar-refractivity contribution in [1.29, 1.82) is 0 Å². The van der Waals surface area contributed by atoms with Crippen LogP contribution in [0.25, 0.3) is 17.1 Å². The van der Waals surface area contributed by atoms with Gasteiger partial charge >= 0.3 is 12.3 Å².